The van der Waals surface area contributed by atoms with E-state index in [0.29, 0.717) is 25.2 Å². The molecule has 3 rings (SSSR count). The molecule has 1 aromatic carbocycles. The number of halogens is 4. The molecule has 27 heavy (non-hydrogen) atoms. The minimum Gasteiger partial charge on any atom is -0.350 e. The Morgan fingerprint density at radius 2 is 1.93 bits per heavy atom. The average Bonchev–Trinajstić information content (AvgIpc) is 2.99. The van der Waals surface area contributed by atoms with Crippen molar-refractivity contribution in [2.24, 2.45) is 5.92 Å². The molecule has 2 fully saturated rings. The van der Waals surface area contributed by atoms with Crippen LogP contribution in [-0.2, 0) is 11.0 Å². The number of rotatable bonds is 4. The van der Waals surface area contributed by atoms with Crippen molar-refractivity contribution in [1.29, 1.82) is 0 Å². The number of hydrogen-bond acceptors (Lipinski definition) is 3. The van der Waals surface area contributed by atoms with E-state index in [2.05, 4.69) is 11.9 Å². The second kappa shape index (κ2) is 7.16. The predicted molar refractivity (Wildman–Crippen MR) is 89.1 cm³/mol. The Morgan fingerprint density at radius 1 is 1.26 bits per heavy atom. The summed E-state index contributed by atoms with van der Waals surface area (Å²) in [6, 6.07) is 4.75. The highest BCUT2D eigenvalue weighted by atomic mass is 19.4. The SMILES string of the molecule is C=C(F)C(=O)NCC1CN(c2ccc(C(F)(F)F)cc2)C2CC[N+](=O)N2C1. The number of anilines is 1. The summed E-state index contributed by atoms with van der Waals surface area (Å²) in [4.78, 5) is 26.1. The van der Waals surface area contributed by atoms with Crippen molar-refractivity contribution in [1.82, 2.24) is 10.3 Å². The maximum absolute atomic E-state index is 12.8. The van der Waals surface area contributed by atoms with Crippen LogP contribution in [0.1, 0.15) is 12.0 Å². The first-order valence-corrected chi connectivity index (χ1v) is 8.44. The molecule has 0 aliphatic carbocycles. The minimum atomic E-state index is -4.42. The van der Waals surface area contributed by atoms with Gasteiger partial charge in [-0.3, -0.25) is 4.79 Å². The van der Waals surface area contributed by atoms with Crippen LogP contribution in [0.25, 0.3) is 0 Å². The van der Waals surface area contributed by atoms with Crippen LogP contribution in [0.5, 0.6) is 0 Å². The summed E-state index contributed by atoms with van der Waals surface area (Å²) < 4.78 is 51.2. The fraction of sp³-hybridized carbons (Fsp3) is 0.471. The summed E-state index contributed by atoms with van der Waals surface area (Å²) in [5.74, 6) is -2.23. The highest BCUT2D eigenvalue weighted by Crippen LogP contribution is 2.34. The van der Waals surface area contributed by atoms with E-state index in [1.165, 1.54) is 12.1 Å². The van der Waals surface area contributed by atoms with Crippen molar-refractivity contribution >= 4 is 11.6 Å². The summed E-state index contributed by atoms with van der Waals surface area (Å²) >= 11 is 0. The summed E-state index contributed by atoms with van der Waals surface area (Å²) in [6.45, 7) is 4.11. The largest absolute Gasteiger partial charge is 0.416 e. The standard InChI is InChI=1S/C17H18F4N4O2/c1-11(18)16(26)22-8-12-9-23(15-6-7-25(27)24(15)10-12)14-4-2-13(3-5-14)17(19,20)21/h2-5,12,15H,1,6-10H2/p+1. The van der Waals surface area contributed by atoms with Gasteiger partial charge in [-0.15, -0.1) is 5.01 Å². The van der Waals surface area contributed by atoms with E-state index in [4.69, 9.17) is 0 Å². The molecule has 2 atom stereocenters. The molecule has 1 N–H and O–H groups in total. The maximum Gasteiger partial charge on any atom is 0.416 e. The summed E-state index contributed by atoms with van der Waals surface area (Å²) in [6.07, 6.45) is -4.14. The van der Waals surface area contributed by atoms with Gasteiger partial charge in [0.25, 0.3) is 5.91 Å². The van der Waals surface area contributed by atoms with Gasteiger partial charge in [0.2, 0.25) is 6.54 Å². The zero-order valence-corrected chi connectivity index (χ0v) is 14.4. The number of amides is 1. The molecule has 2 aliphatic rings. The van der Waals surface area contributed by atoms with Gasteiger partial charge < -0.3 is 10.2 Å². The summed E-state index contributed by atoms with van der Waals surface area (Å²) in [5, 5.41) is 4.00. The fourth-order valence-electron chi connectivity index (χ4n) is 3.49. The normalized spacial score (nSPS) is 22.6. The molecule has 2 aliphatic heterocycles. The van der Waals surface area contributed by atoms with Gasteiger partial charge in [0.05, 0.1) is 23.4 Å². The van der Waals surface area contributed by atoms with Gasteiger partial charge in [0.15, 0.2) is 12.0 Å². The van der Waals surface area contributed by atoms with Crippen LogP contribution in [-0.4, -0.2) is 48.1 Å². The molecule has 0 radical (unpaired) electrons. The number of nitrogens with zero attached hydrogens (tertiary/aromatic N) is 3. The van der Waals surface area contributed by atoms with E-state index in [1.807, 2.05) is 4.90 Å². The Morgan fingerprint density at radius 3 is 2.52 bits per heavy atom. The van der Waals surface area contributed by atoms with Gasteiger partial charge in [-0.25, -0.2) is 4.39 Å². The highest BCUT2D eigenvalue weighted by molar-refractivity contribution is 5.90. The smallest absolute Gasteiger partial charge is 0.350 e. The maximum atomic E-state index is 12.8. The van der Waals surface area contributed by atoms with E-state index in [1.54, 1.807) is 5.01 Å². The molecule has 0 bridgehead atoms. The number of hydrazine groups is 1. The first-order valence-electron chi connectivity index (χ1n) is 8.44. The molecule has 2 saturated heterocycles. The Bertz CT molecular complexity index is 750. The van der Waals surface area contributed by atoms with Crippen LogP contribution < -0.4 is 10.2 Å². The van der Waals surface area contributed by atoms with E-state index >= 15 is 0 Å². The number of carbonyl (C=O) groups excluding carboxylic acids is 1. The second-order valence-electron chi connectivity index (χ2n) is 6.65. The van der Waals surface area contributed by atoms with E-state index in [9.17, 15) is 27.3 Å². The number of hydrogen-bond donors (Lipinski definition) is 1. The molecule has 0 aromatic heterocycles. The van der Waals surface area contributed by atoms with Crippen LogP contribution in [0.15, 0.2) is 36.7 Å². The quantitative estimate of drug-likeness (QED) is 0.490. The molecule has 2 heterocycles. The fourth-order valence-corrected chi connectivity index (χ4v) is 3.49. The lowest BCUT2D eigenvalue weighted by molar-refractivity contribution is -0.692. The van der Waals surface area contributed by atoms with Crippen molar-refractivity contribution in [3.63, 3.8) is 0 Å². The Hall–Kier alpha value is -2.65. The van der Waals surface area contributed by atoms with Crippen molar-refractivity contribution in [2.75, 3.05) is 31.1 Å². The van der Waals surface area contributed by atoms with Crippen molar-refractivity contribution in [3.05, 3.63) is 47.1 Å². The monoisotopic (exact) mass is 387 g/mol. The number of fused-ring (bicyclic) bond motifs is 1. The number of nitrogens with one attached hydrogen (secondary N) is 1. The van der Waals surface area contributed by atoms with Crippen LogP contribution in [0.3, 0.4) is 0 Å². The van der Waals surface area contributed by atoms with Gasteiger partial charge in [0.1, 0.15) is 4.87 Å². The third-order valence-electron chi connectivity index (χ3n) is 4.79. The van der Waals surface area contributed by atoms with Gasteiger partial charge in [-0.2, -0.15) is 13.2 Å². The van der Waals surface area contributed by atoms with Gasteiger partial charge in [0, 0.05) is 24.7 Å². The molecular weight excluding hydrogens is 368 g/mol. The average molecular weight is 387 g/mol. The zero-order chi connectivity index (χ0) is 19.8. The van der Waals surface area contributed by atoms with Crippen LogP contribution in [0.2, 0.25) is 0 Å². The van der Waals surface area contributed by atoms with Crippen molar-refractivity contribution in [3.8, 4) is 0 Å². The van der Waals surface area contributed by atoms with Crippen LogP contribution >= 0.6 is 0 Å². The van der Waals surface area contributed by atoms with Crippen molar-refractivity contribution in [2.45, 2.75) is 18.8 Å². The van der Waals surface area contributed by atoms with Gasteiger partial charge >= 0.3 is 6.18 Å². The lowest BCUT2D eigenvalue weighted by atomic mass is 10.0. The second-order valence-corrected chi connectivity index (χ2v) is 6.65. The topological polar surface area (TPSA) is 55.7 Å². The molecule has 0 spiro atoms. The molecule has 1 aromatic rings. The third kappa shape index (κ3) is 4.04. The predicted octanol–water partition coefficient (Wildman–Crippen LogP) is 2.47. The molecule has 6 nitrogen and oxygen atoms in total. The molecule has 2 unspecified atom stereocenters. The van der Waals surface area contributed by atoms with E-state index < -0.39 is 23.5 Å². The lowest BCUT2D eigenvalue weighted by Crippen LogP contribution is -2.57. The van der Waals surface area contributed by atoms with E-state index in [0.717, 1.165) is 17.0 Å². The van der Waals surface area contributed by atoms with Crippen LogP contribution in [0.4, 0.5) is 23.2 Å². The summed E-state index contributed by atoms with van der Waals surface area (Å²) in [7, 11) is 0. The Kier molecular flexibility index (Phi) is 5.07. The van der Waals surface area contributed by atoms with Gasteiger partial charge in [-0.05, 0) is 24.3 Å². The van der Waals surface area contributed by atoms with Gasteiger partial charge in [-0.1, -0.05) is 6.58 Å². The molecular formula is C17H19F4N4O2+. The zero-order valence-electron chi connectivity index (χ0n) is 14.4. The number of benzene rings is 1. The first kappa shape index (κ1) is 19.1. The molecule has 10 heteroatoms. The van der Waals surface area contributed by atoms with Crippen molar-refractivity contribution < 1.29 is 27.2 Å². The number of nitroso groups, excluding NO2 is 1. The Labute approximate surface area is 153 Å². The molecule has 0 saturated carbocycles. The number of carbonyl (C=O) groups is 1. The number of alkyl halides is 3. The molecule has 146 valence electrons. The van der Waals surface area contributed by atoms with E-state index in [-0.39, 0.29) is 25.2 Å². The summed E-state index contributed by atoms with van der Waals surface area (Å²) in [5.41, 5.74) is -0.193. The van der Waals surface area contributed by atoms with Crippen LogP contribution in [0, 0.1) is 10.8 Å². The minimum absolute atomic E-state index is 0.121. The lowest BCUT2D eigenvalue weighted by Gasteiger charge is -2.40. The highest BCUT2D eigenvalue weighted by Gasteiger charge is 2.47. The first-order chi connectivity index (χ1) is 12.7. The molecule has 1 amide bonds. The third-order valence-corrected chi connectivity index (χ3v) is 4.79. The Balaban J connectivity index is 1.78.